The molecule has 1 aliphatic rings. The van der Waals surface area contributed by atoms with Gasteiger partial charge in [-0.05, 0) is 25.1 Å². The van der Waals surface area contributed by atoms with E-state index in [2.05, 4.69) is 4.72 Å². The molecule has 0 fully saturated rings. The van der Waals surface area contributed by atoms with Gasteiger partial charge in [0.25, 0.3) is 5.56 Å². The molecular weight excluding hydrogens is 360 g/mol. The minimum atomic E-state index is -3.73. The van der Waals surface area contributed by atoms with E-state index in [-0.39, 0.29) is 23.5 Å². The van der Waals surface area contributed by atoms with Gasteiger partial charge in [0.1, 0.15) is 19.0 Å². The number of fused-ring (bicyclic) bond motifs is 1. The van der Waals surface area contributed by atoms with E-state index in [1.807, 2.05) is 0 Å². The first-order chi connectivity index (χ1) is 12.4. The molecule has 1 aromatic carbocycles. The fraction of sp³-hybridized carbons (Fsp3) is 0.353. The van der Waals surface area contributed by atoms with Crippen LogP contribution < -0.4 is 24.5 Å². The van der Waals surface area contributed by atoms with Crippen molar-refractivity contribution in [1.29, 1.82) is 0 Å². The van der Waals surface area contributed by atoms with E-state index < -0.39 is 10.0 Å². The molecule has 1 aliphatic heterocycles. The third-order valence-electron chi connectivity index (χ3n) is 4.00. The quantitative estimate of drug-likeness (QED) is 0.801. The molecule has 0 bridgehead atoms. The second kappa shape index (κ2) is 7.38. The van der Waals surface area contributed by atoms with Gasteiger partial charge in [-0.2, -0.15) is 0 Å². The van der Waals surface area contributed by atoms with Crippen molar-refractivity contribution >= 4 is 10.0 Å². The van der Waals surface area contributed by atoms with Crippen molar-refractivity contribution in [3.63, 3.8) is 0 Å². The smallest absolute Gasteiger partial charge is 0.254 e. The molecule has 0 aliphatic carbocycles. The van der Waals surface area contributed by atoms with Gasteiger partial charge >= 0.3 is 0 Å². The highest BCUT2D eigenvalue weighted by atomic mass is 32.2. The van der Waals surface area contributed by atoms with Crippen LogP contribution in [0.15, 0.2) is 40.0 Å². The summed E-state index contributed by atoms with van der Waals surface area (Å²) >= 11 is 0. The lowest BCUT2D eigenvalue weighted by Crippen LogP contribution is -2.31. The Balaban J connectivity index is 1.70. The molecule has 26 heavy (non-hydrogen) atoms. The lowest BCUT2D eigenvalue weighted by molar-refractivity contribution is 0.171. The Morgan fingerprint density at radius 1 is 1.15 bits per heavy atom. The highest BCUT2D eigenvalue weighted by Gasteiger charge is 2.19. The third-order valence-corrected chi connectivity index (χ3v) is 5.45. The summed E-state index contributed by atoms with van der Waals surface area (Å²) in [4.78, 5) is 12.2. The fourth-order valence-electron chi connectivity index (χ4n) is 2.67. The Hall–Kier alpha value is -2.52. The second-order valence-electron chi connectivity index (χ2n) is 5.73. The number of pyridine rings is 1. The number of nitrogens with one attached hydrogen (secondary N) is 1. The maximum absolute atomic E-state index is 12.5. The average molecular weight is 380 g/mol. The van der Waals surface area contributed by atoms with Crippen LogP contribution in [-0.4, -0.2) is 39.9 Å². The second-order valence-corrected chi connectivity index (χ2v) is 7.50. The van der Waals surface area contributed by atoms with E-state index in [0.29, 0.717) is 36.2 Å². The first kappa shape index (κ1) is 18.3. The number of hydrogen-bond donors (Lipinski definition) is 1. The van der Waals surface area contributed by atoms with E-state index in [9.17, 15) is 13.2 Å². The van der Waals surface area contributed by atoms with Gasteiger partial charge in [0, 0.05) is 30.9 Å². The van der Waals surface area contributed by atoms with E-state index >= 15 is 0 Å². The summed E-state index contributed by atoms with van der Waals surface area (Å²) in [7, 11) is -2.24. The van der Waals surface area contributed by atoms with Crippen LogP contribution in [0.25, 0.3) is 0 Å². The average Bonchev–Trinajstić information content (AvgIpc) is 2.63. The Kier molecular flexibility index (Phi) is 5.19. The number of ether oxygens (including phenoxy) is 3. The van der Waals surface area contributed by atoms with Crippen molar-refractivity contribution < 1.29 is 22.6 Å². The summed E-state index contributed by atoms with van der Waals surface area (Å²) in [6.45, 7) is 2.86. The van der Waals surface area contributed by atoms with E-state index in [1.165, 1.54) is 29.9 Å². The van der Waals surface area contributed by atoms with Gasteiger partial charge in [-0.1, -0.05) is 0 Å². The molecule has 9 heteroatoms. The highest BCUT2D eigenvalue weighted by Crippen LogP contribution is 2.32. The molecule has 8 nitrogen and oxygen atoms in total. The van der Waals surface area contributed by atoms with Gasteiger partial charge in [-0.25, -0.2) is 13.1 Å². The molecule has 0 amide bonds. The number of rotatable bonds is 6. The minimum absolute atomic E-state index is 0.0733. The maximum atomic E-state index is 12.5. The Morgan fingerprint density at radius 2 is 1.88 bits per heavy atom. The van der Waals surface area contributed by atoms with Crippen LogP contribution in [0.1, 0.15) is 5.69 Å². The van der Waals surface area contributed by atoms with Crippen LogP contribution in [-0.2, 0) is 16.6 Å². The third kappa shape index (κ3) is 3.83. The Bertz CT molecular complexity index is 968. The Morgan fingerprint density at radius 3 is 2.58 bits per heavy atom. The first-order valence-electron chi connectivity index (χ1n) is 8.05. The van der Waals surface area contributed by atoms with Gasteiger partial charge in [0.15, 0.2) is 11.5 Å². The zero-order chi connectivity index (χ0) is 18.7. The molecule has 0 spiro atoms. The first-order valence-corrected chi connectivity index (χ1v) is 9.54. The molecule has 1 N–H and O–H groups in total. The molecule has 0 unspecified atom stereocenters. The number of aromatic nitrogens is 1. The number of aryl methyl sites for hydroxylation is 1. The van der Waals surface area contributed by atoms with Gasteiger partial charge in [-0.15, -0.1) is 0 Å². The molecule has 3 rings (SSSR count). The molecule has 0 saturated heterocycles. The van der Waals surface area contributed by atoms with Crippen LogP contribution in [0.5, 0.6) is 17.2 Å². The molecule has 2 heterocycles. The number of nitrogens with zero attached hydrogens (tertiary/aromatic N) is 1. The minimum Gasteiger partial charge on any atom is -0.496 e. The predicted octanol–water partition coefficient (Wildman–Crippen LogP) is 0.915. The van der Waals surface area contributed by atoms with Crippen LogP contribution in [0.3, 0.4) is 0 Å². The zero-order valence-electron chi connectivity index (χ0n) is 14.5. The normalized spacial score (nSPS) is 13.5. The van der Waals surface area contributed by atoms with Crippen LogP contribution in [0, 0.1) is 6.92 Å². The SMILES string of the molecule is COc1cc(C)n(CCNS(=O)(=O)c2ccc3c(c2)OCCO3)c(=O)c1. The molecule has 1 aromatic heterocycles. The monoisotopic (exact) mass is 380 g/mol. The molecule has 0 radical (unpaired) electrons. The van der Waals surface area contributed by atoms with Gasteiger partial charge in [-0.3, -0.25) is 4.79 Å². The number of sulfonamides is 1. The van der Waals surface area contributed by atoms with Gasteiger partial charge < -0.3 is 18.8 Å². The van der Waals surface area contributed by atoms with Crippen molar-refractivity contribution in [2.24, 2.45) is 0 Å². The summed E-state index contributed by atoms with van der Waals surface area (Å²) < 4.78 is 44.8. The number of methoxy groups -OCH3 is 1. The summed E-state index contributed by atoms with van der Waals surface area (Å²) in [5.41, 5.74) is 0.438. The standard InChI is InChI=1S/C17H20N2O6S/c1-12-9-13(23-2)10-17(20)19(12)6-5-18-26(21,22)14-3-4-15-16(11-14)25-8-7-24-15/h3-4,9-11,18H,5-8H2,1-2H3. The van der Waals surface area contributed by atoms with E-state index in [4.69, 9.17) is 14.2 Å². The predicted molar refractivity (Wildman–Crippen MR) is 94.6 cm³/mol. The van der Waals surface area contributed by atoms with Crippen molar-refractivity contribution in [2.75, 3.05) is 26.9 Å². The topological polar surface area (TPSA) is 95.9 Å². The molecule has 2 aromatic rings. The lowest BCUT2D eigenvalue weighted by Gasteiger charge is -2.19. The largest absolute Gasteiger partial charge is 0.496 e. The van der Waals surface area contributed by atoms with Crippen LogP contribution in [0.2, 0.25) is 0 Å². The van der Waals surface area contributed by atoms with E-state index in [1.54, 1.807) is 19.1 Å². The summed E-state index contributed by atoms with van der Waals surface area (Å²) in [5, 5.41) is 0. The molecular formula is C17H20N2O6S. The molecule has 0 atom stereocenters. The zero-order valence-corrected chi connectivity index (χ0v) is 15.3. The number of benzene rings is 1. The summed E-state index contributed by atoms with van der Waals surface area (Å²) in [6, 6.07) is 7.54. The highest BCUT2D eigenvalue weighted by molar-refractivity contribution is 7.89. The lowest BCUT2D eigenvalue weighted by atomic mass is 10.3. The number of hydrogen-bond acceptors (Lipinski definition) is 6. The fourth-order valence-corrected chi connectivity index (χ4v) is 3.71. The van der Waals surface area contributed by atoms with Crippen molar-refractivity contribution in [3.05, 3.63) is 46.4 Å². The van der Waals surface area contributed by atoms with Crippen molar-refractivity contribution in [3.8, 4) is 17.2 Å². The van der Waals surface area contributed by atoms with Crippen molar-refractivity contribution in [2.45, 2.75) is 18.4 Å². The summed E-state index contributed by atoms with van der Waals surface area (Å²) in [6.07, 6.45) is 0. The molecule has 0 saturated carbocycles. The van der Waals surface area contributed by atoms with E-state index in [0.717, 1.165) is 0 Å². The molecule has 140 valence electrons. The Labute approximate surface area is 151 Å². The van der Waals surface area contributed by atoms with Crippen LogP contribution in [0.4, 0.5) is 0 Å². The van der Waals surface area contributed by atoms with Gasteiger partial charge in [0.2, 0.25) is 10.0 Å². The van der Waals surface area contributed by atoms with Crippen molar-refractivity contribution in [1.82, 2.24) is 9.29 Å². The summed E-state index contributed by atoms with van der Waals surface area (Å²) in [5.74, 6) is 1.40. The maximum Gasteiger partial charge on any atom is 0.254 e. The van der Waals surface area contributed by atoms with Crippen LogP contribution >= 0.6 is 0 Å². The van der Waals surface area contributed by atoms with Gasteiger partial charge in [0.05, 0.1) is 12.0 Å².